The number of rotatable bonds is 5. The molecule has 7 heteroatoms. The Morgan fingerprint density at radius 2 is 1.80 bits per heavy atom. The Kier molecular flexibility index (Phi) is 5.35. The Balaban J connectivity index is 1.17. The third-order valence-electron chi connectivity index (χ3n) is 6.16. The average Bonchev–Trinajstić information content (AvgIpc) is 3.29. The molecule has 2 fully saturated rings. The molecule has 3 aromatic rings. The molecule has 2 atom stereocenters. The molecule has 1 N–H and O–H groups in total. The van der Waals surface area contributed by atoms with E-state index in [1.165, 1.54) is 12.1 Å². The van der Waals surface area contributed by atoms with Crippen LogP contribution in [-0.4, -0.2) is 39.0 Å². The molecule has 0 amide bonds. The van der Waals surface area contributed by atoms with Gasteiger partial charge in [0.2, 0.25) is 5.95 Å². The van der Waals surface area contributed by atoms with Crippen LogP contribution in [0.5, 0.6) is 0 Å². The summed E-state index contributed by atoms with van der Waals surface area (Å²) in [5.74, 6) is 1.70. The highest BCUT2D eigenvalue weighted by atomic mass is 35.5. The van der Waals surface area contributed by atoms with Gasteiger partial charge in [0.1, 0.15) is 5.82 Å². The van der Waals surface area contributed by atoms with E-state index in [4.69, 9.17) is 11.6 Å². The summed E-state index contributed by atoms with van der Waals surface area (Å²) in [6.07, 6.45) is 7.51. The minimum atomic E-state index is -0.328. The second-order valence-electron chi connectivity index (χ2n) is 8.27. The predicted octanol–water partition coefficient (Wildman–Crippen LogP) is 4.65. The van der Waals surface area contributed by atoms with Crippen molar-refractivity contribution in [3.63, 3.8) is 0 Å². The van der Waals surface area contributed by atoms with E-state index >= 15 is 0 Å². The summed E-state index contributed by atoms with van der Waals surface area (Å²) in [5, 5.41) is 3.96. The van der Waals surface area contributed by atoms with Crippen molar-refractivity contribution >= 4 is 17.5 Å². The third-order valence-corrected chi connectivity index (χ3v) is 6.49. The molecule has 1 saturated heterocycles. The van der Waals surface area contributed by atoms with Crippen LogP contribution in [0, 0.1) is 17.7 Å². The van der Waals surface area contributed by atoms with Crippen LogP contribution in [0.2, 0.25) is 5.02 Å². The first-order valence-corrected chi connectivity index (χ1v) is 10.7. The number of fused-ring (bicyclic) bond motifs is 1. The number of nitrogens with one attached hydrogen (secondary N) is 1. The van der Waals surface area contributed by atoms with Gasteiger partial charge in [0.05, 0.1) is 5.69 Å². The van der Waals surface area contributed by atoms with Crippen molar-refractivity contribution in [1.29, 1.82) is 0 Å². The largest absolute Gasteiger partial charge is 0.351 e. The van der Waals surface area contributed by atoms with Crippen molar-refractivity contribution in [2.45, 2.75) is 25.4 Å². The lowest BCUT2D eigenvalue weighted by Gasteiger charge is -2.19. The zero-order valence-corrected chi connectivity index (χ0v) is 17.3. The van der Waals surface area contributed by atoms with Gasteiger partial charge in [-0.1, -0.05) is 17.7 Å². The molecule has 0 spiro atoms. The van der Waals surface area contributed by atoms with Crippen LogP contribution in [0.25, 0.3) is 11.1 Å². The molecule has 0 bridgehead atoms. The first-order valence-electron chi connectivity index (χ1n) is 10.3. The summed E-state index contributed by atoms with van der Waals surface area (Å²) in [7, 11) is 0. The molecule has 30 heavy (non-hydrogen) atoms. The number of hydrogen-bond acceptors (Lipinski definition) is 5. The highest BCUT2D eigenvalue weighted by molar-refractivity contribution is 6.33. The molecular weight excluding hydrogens is 401 g/mol. The maximum absolute atomic E-state index is 13.5. The van der Waals surface area contributed by atoms with Gasteiger partial charge >= 0.3 is 0 Å². The standard InChI is InChI=1S/C23H23ClFN5/c24-22-5-4-18(25)9-21(22)17-10-27-23(28-11-17)29-20-7-15-12-30(13-16(15)8-20)14-19-3-1-2-6-26-19/h1-6,9-11,15-16,20H,7-8,12-14H2,(H,27,28,29). The summed E-state index contributed by atoms with van der Waals surface area (Å²) in [5.41, 5.74) is 2.45. The first-order chi connectivity index (χ1) is 14.6. The van der Waals surface area contributed by atoms with Gasteiger partial charge in [-0.3, -0.25) is 9.88 Å². The Morgan fingerprint density at radius 3 is 2.50 bits per heavy atom. The summed E-state index contributed by atoms with van der Waals surface area (Å²) in [4.78, 5) is 15.8. The van der Waals surface area contributed by atoms with Gasteiger partial charge in [-0.15, -0.1) is 0 Å². The van der Waals surface area contributed by atoms with E-state index in [1.807, 2.05) is 18.3 Å². The number of aromatic nitrogens is 3. The molecule has 5 nitrogen and oxygen atoms in total. The summed E-state index contributed by atoms with van der Waals surface area (Å²) < 4.78 is 13.5. The maximum atomic E-state index is 13.5. The number of anilines is 1. The highest BCUT2D eigenvalue weighted by Gasteiger charge is 2.40. The molecule has 2 aromatic heterocycles. The topological polar surface area (TPSA) is 53.9 Å². The smallest absolute Gasteiger partial charge is 0.222 e. The average molecular weight is 424 g/mol. The van der Waals surface area contributed by atoms with Crippen LogP contribution < -0.4 is 5.32 Å². The van der Waals surface area contributed by atoms with E-state index < -0.39 is 0 Å². The second-order valence-corrected chi connectivity index (χ2v) is 8.67. The molecule has 3 heterocycles. The van der Waals surface area contributed by atoms with Crippen LogP contribution in [0.1, 0.15) is 18.5 Å². The molecule has 5 rings (SSSR count). The van der Waals surface area contributed by atoms with Gasteiger partial charge in [0, 0.05) is 60.4 Å². The third kappa shape index (κ3) is 4.16. The van der Waals surface area contributed by atoms with Crippen LogP contribution in [-0.2, 0) is 6.54 Å². The number of hydrogen-bond donors (Lipinski definition) is 1. The van der Waals surface area contributed by atoms with Crippen molar-refractivity contribution in [3.05, 3.63) is 71.5 Å². The summed E-state index contributed by atoms with van der Waals surface area (Å²) in [6.45, 7) is 3.17. The van der Waals surface area contributed by atoms with Gasteiger partial charge in [0.25, 0.3) is 0 Å². The molecular formula is C23H23ClFN5. The van der Waals surface area contributed by atoms with E-state index in [1.54, 1.807) is 18.5 Å². The number of benzene rings is 1. The van der Waals surface area contributed by atoms with E-state index in [2.05, 4.69) is 31.2 Å². The number of halogens is 2. The Labute approximate surface area is 180 Å². The lowest BCUT2D eigenvalue weighted by molar-refractivity contribution is 0.297. The van der Waals surface area contributed by atoms with E-state index in [0.717, 1.165) is 38.2 Å². The zero-order chi connectivity index (χ0) is 20.5. The SMILES string of the molecule is Fc1ccc(Cl)c(-c2cnc(NC3CC4CN(Cc5ccccn5)CC4C3)nc2)c1. The van der Waals surface area contributed by atoms with E-state index in [-0.39, 0.29) is 5.82 Å². The molecule has 2 unspecified atom stereocenters. The van der Waals surface area contributed by atoms with Crippen molar-refractivity contribution < 1.29 is 4.39 Å². The Bertz CT molecular complexity index is 1000. The Hall–Kier alpha value is -2.57. The van der Waals surface area contributed by atoms with Gasteiger partial charge < -0.3 is 5.32 Å². The minimum absolute atomic E-state index is 0.328. The quantitative estimate of drug-likeness (QED) is 0.647. The first kappa shape index (κ1) is 19.4. The van der Waals surface area contributed by atoms with Crippen LogP contribution >= 0.6 is 11.6 Å². The monoisotopic (exact) mass is 423 g/mol. The van der Waals surface area contributed by atoms with Crippen molar-refractivity contribution in [2.24, 2.45) is 11.8 Å². The fourth-order valence-electron chi connectivity index (χ4n) is 4.81. The molecule has 2 aliphatic rings. The van der Waals surface area contributed by atoms with Crippen molar-refractivity contribution in [1.82, 2.24) is 19.9 Å². The molecule has 1 aliphatic carbocycles. The second kappa shape index (κ2) is 8.28. The normalized spacial score (nSPS) is 23.5. The van der Waals surface area contributed by atoms with Gasteiger partial charge in [-0.2, -0.15) is 0 Å². The van der Waals surface area contributed by atoms with Gasteiger partial charge in [-0.25, -0.2) is 14.4 Å². The fraction of sp³-hybridized carbons (Fsp3) is 0.348. The zero-order valence-electron chi connectivity index (χ0n) is 16.5. The molecule has 1 saturated carbocycles. The van der Waals surface area contributed by atoms with Gasteiger partial charge in [0.15, 0.2) is 0 Å². The minimum Gasteiger partial charge on any atom is -0.351 e. The van der Waals surface area contributed by atoms with Crippen molar-refractivity contribution in [2.75, 3.05) is 18.4 Å². The van der Waals surface area contributed by atoms with Crippen LogP contribution in [0.4, 0.5) is 10.3 Å². The molecule has 1 aliphatic heterocycles. The van der Waals surface area contributed by atoms with Crippen molar-refractivity contribution in [3.8, 4) is 11.1 Å². The predicted molar refractivity (Wildman–Crippen MR) is 116 cm³/mol. The maximum Gasteiger partial charge on any atom is 0.222 e. The summed E-state index contributed by atoms with van der Waals surface area (Å²) in [6, 6.07) is 10.8. The molecule has 0 radical (unpaired) electrons. The Morgan fingerprint density at radius 1 is 1.03 bits per heavy atom. The fourth-order valence-corrected chi connectivity index (χ4v) is 5.03. The highest BCUT2D eigenvalue weighted by Crippen LogP contribution is 2.39. The molecule has 1 aromatic carbocycles. The number of likely N-dealkylation sites (tertiary alicyclic amines) is 1. The van der Waals surface area contributed by atoms with Gasteiger partial charge in [-0.05, 0) is 55.0 Å². The summed E-state index contributed by atoms with van der Waals surface area (Å²) >= 11 is 6.18. The van der Waals surface area contributed by atoms with E-state index in [0.29, 0.717) is 40.0 Å². The lowest BCUT2D eigenvalue weighted by Crippen LogP contribution is -2.25. The number of pyridine rings is 1. The van der Waals surface area contributed by atoms with Crippen LogP contribution in [0.15, 0.2) is 55.0 Å². The van der Waals surface area contributed by atoms with E-state index in [9.17, 15) is 4.39 Å². The molecule has 154 valence electrons. The number of nitrogens with zero attached hydrogens (tertiary/aromatic N) is 4. The lowest BCUT2D eigenvalue weighted by atomic mass is 10.0. The van der Waals surface area contributed by atoms with Crippen LogP contribution in [0.3, 0.4) is 0 Å².